The number of anilines is 1. The maximum absolute atomic E-state index is 10.9. The number of rotatable bonds is 3. The van der Waals surface area contributed by atoms with Crippen molar-refractivity contribution >= 4 is 67.3 Å². The minimum absolute atomic E-state index is 0. The van der Waals surface area contributed by atoms with Gasteiger partial charge in [-0.2, -0.15) is 0 Å². The van der Waals surface area contributed by atoms with Crippen molar-refractivity contribution in [3.8, 4) is 0 Å². The molecule has 0 aromatic heterocycles. The maximum atomic E-state index is 10.9. The summed E-state index contributed by atoms with van der Waals surface area (Å²) in [5.41, 5.74) is 3.52. The molecule has 6 nitrogen and oxygen atoms in total. The zero-order valence-electron chi connectivity index (χ0n) is 17.6. The molecule has 1 heterocycles. The molecule has 0 aliphatic carbocycles. The van der Waals surface area contributed by atoms with Gasteiger partial charge in [0.1, 0.15) is 0 Å². The largest absolute Gasteiger partial charge is 0.478 e. The molecule has 1 fully saturated rings. The molecule has 31 heavy (non-hydrogen) atoms. The fourth-order valence-electron chi connectivity index (χ4n) is 2.96. The molecule has 0 radical (unpaired) electrons. The van der Waals surface area contributed by atoms with Gasteiger partial charge in [-0.15, -0.1) is 49.6 Å². The molecule has 10 heteroatoms. The third kappa shape index (κ3) is 9.97. The Kier molecular flexibility index (Phi) is 17.5. The lowest BCUT2D eigenvalue weighted by molar-refractivity contribution is 0.0685. The van der Waals surface area contributed by atoms with Gasteiger partial charge in [-0.25, -0.2) is 9.59 Å². The van der Waals surface area contributed by atoms with Crippen LogP contribution in [0.1, 0.15) is 31.8 Å². The summed E-state index contributed by atoms with van der Waals surface area (Å²) in [6, 6.07) is 12.5. The number of halogens is 4. The first kappa shape index (κ1) is 33.9. The van der Waals surface area contributed by atoms with Gasteiger partial charge in [0, 0.05) is 31.9 Å². The first-order chi connectivity index (χ1) is 12.8. The molecule has 0 saturated carbocycles. The Morgan fingerprint density at radius 2 is 1.23 bits per heavy atom. The molecule has 0 spiro atoms. The van der Waals surface area contributed by atoms with E-state index in [4.69, 9.17) is 10.2 Å². The van der Waals surface area contributed by atoms with Gasteiger partial charge in [-0.1, -0.05) is 18.2 Å². The van der Waals surface area contributed by atoms with Crippen molar-refractivity contribution in [2.75, 3.05) is 38.1 Å². The number of nitrogens with zero attached hydrogens (tertiary/aromatic N) is 2. The molecular weight excluding hydrogens is 486 g/mol. The molecule has 0 unspecified atom stereocenters. The minimum atomic E-state index is -0.863. The quantitative estimate of drug-likeness (QED) is 0.609. The van der Waals surface area contributed by atoms with Crippen molar-refractivity contribution in [1.82, 2.24) is 4.90 Å². The highest BCUT2D eigenvalue weighted by Crippen LogP contribution is 2.20. The summed E-state index contributed by atoms with van der Waals surface area (Å²) >= 11 is 0. The van der Waals surface area contributed by atoms with Gasteiger partial charge >= 0.3 is 11.9 Å². The number of aromatic carboxylic acids is 2. The summed E-state index contributed by atoms with van der Waals surface area (Å²) in [6.45, 7) is 7.75. The van der Waals surface area contributed by atoms with Gasteiger partial charge in [-0.3, -0.25) is 0 Å². The van der Waals surface area contributed by atoms with Crippen molar-refractivity contribution in [2.24, 2.45) is 0 Å². The molecule has 1 saturated heterocycles. The number of carbonyl (C=O) groups is 2. The number of carboxylic acid groups (broad SMARTS) is 2. The summed E-state index contributed by atoms with van der Waals surface area (Å²) in [4.78, 5) is 26.0. The number of hydrogen-bond acceptors (Lipinski definition) is 4. The lowest BCUT2D eigenvalue weighted by atomic mass is 10.1. The maximum Gasteiger partial charge on any atom is 0.335 e. The van der Waals surface area contributed by atoms with Crippen molar-refractivity contribution < 1.29 is 19.8 Å². The van der Waals surface area contributed by atoms with E-state index in [-0.39, 0.29) is 49.6 Å². The van der Waals surface area contributed by atoms with E-state index in [0.717, 1.165) is 43.0 Å². The van der Waals surface area contributed by atoms with E-state index in [1.807, 2.05) is 25.1 Å². The number of benzene rings is 2. The molecule has 0 atom stereocenters. The van der Waals surface area contributed by atoms with Crippen LogP contribution in [0.2, 0.25) is 0 Å². The van der Waals surface area contributed by atoms with Gasteiger partial charge < -0.3 is 20.0 Å². The van der Waals surface area contributed by atoms with Gasteiger partial charge in [0.2, 0.25) is 0 Å². The van der Waals surface area contributed by atoms with Gasteiger partial charge in [0.15, 0.2) is 0 Å². The average molecular weight is 516 g/mol. The van der Waals surface area contributed by atoms with Crippen LogP contribution in [0.25, 0.3) is 0 Å². The van der Waals surface area contributed by atoms with Crippen LogP contribution in [0.3, 0.4) is 0 Å². The van der Waals surface area contributed by atoms with Crippen LogP contribution in [-0.2, 0) is 0 Å². The lowest BCUT2D eigenvalue weighted by Crippen LogP contribution is -2.44. The monoisotopic (exact) mass is 514 g/mol. The van der Waals surface area contributed by atoms with Gasteiger partial charge in [0.25, 0.3) is 0 Å². The predicted octanol–water partition coefficient (Wildman–Crippen LogP) is 4.83. The molecule has 2 N–H and O–H groups in total. The van der Waals surface area contributed by atoms with Crippen LogP contribution in [0.4, 0.5) is 5.69 Å². The fourth-order valence-corrected chi connectivity index (χ4v) is 2.96. The van der Waals surface area contributed by atoms with Crippen molar-refractivity contribution in [3.63, 3.8) is 0 Å². The summed E-state index contributed by atoms with van der Waals surface area (Å²) in [7, 11) is 2.12. The van der Waals surface area contributed by atoms with E-state index in [0.29, 0.717) is 11.1 Å². The Labute approximate surface area is 208 Å². The third-order valence-corrected chi connectivity index (χ3v) is 4.68. The number of likely N-dealkylation sites (N-methyl/N-ethyl adjacent to an activating group) is 1. The Balaban J connectivity index is -0.000000493. The van der Waals surface area contributed by atoms with E-state index in [1.165, 1.54) is 0 Å². The van der Waals surface area contributed by atoms with Crippen molar-refractivity contribution in [3.05, 3.63) is 64.7 Å². The van der Waals surface area contributed by atoms with Crippen LogP contribution in [0.5, 0.6) is 0 Å². The second-order valence-corrected chi connectivity index (χ2v) is 6.71. The predicted molar refractivity (Wildman–Crippen MR) is 135 cm³/mol. The molecule has 0 bridgehead atoms. The molecular formula is C21H30Cl4N2O4. The number of aryl methyl sites for hydroxylation is 2. The van der Waals surface area contributed by atoms with E-state index >= 15 is 0 Å². The molecule has 176 valence electrons. The Morgan fingerprint density at radius 1 is 0.742 bits per heavy atom. The summed E-state index contributed by atoms with van der Waals surface area (Å²) in [6.07, 6.45) is 0. The summed E-state index contributed by atoms with van der Waals surface area (Å²) in [5, 5.41) is 17.5. The average Bonchev–Trinajstić information content (AvgIpc) is 2.62. The van der Waals surface area contributed by atoms with E-state index < -0.39 is 11.9 Å². The fraction of sp³-hybridized carbons (Fsp3) is 0.333. The van der Waals surface area contributed by atoms with Crippen LogP contribution < -0.4 is 4.90 Å². The second-order valence-electron chi connectivity index (χ2n) is 6.71. The van der Waals surface area contributed by atoms with Crippen molar-refractivity contribution in [1.29, 1.82) is 0 Å². The normalized spacial score (nSPS) is 12.4. The van der Waals surface area contributed by atoms with E-state index in [9.17, 15) is 9.59 Å². The minimum Gasteiger partial charge on any atom is -0.478 e. The molecule has 2 aromatic rings. The molecule has 2 aromatic carbocycles. The standard InChI is InChI=1S/C13H18N2O2.C8H8O2.4ClH/c1-10-9-11(3-4-12(10)13(16)17)15-7-5-14(2)6-8-15;1-6-4-2-3-5-7(6)8(9)10;;;;/h3-4,9H,5-8H2,1-2H3,(H,16,17);2-5H,1H3,(H,9,10);4*1H. The second kappa shape index (κ2) is 16.0. The zero-order valence-corrected chi connectivity index (χ0v) is 20.9. The first-order valence-corrected chi connectivity index (χ1v) is 8.86. The topological polar surface area (TPSA) is 81.1 Å². The van der Waals surface area contributed by atoms with Crippen LogP contribution in [0.15, 0.2) is 42.5 Å². The number of piperazine rings is 1. The van der Waals surface area contributed by atoms with E-state index in [2.05, 4.69) is 16.8 Å². The zero-order chi connectivity index (χ0) is 20.0. The highest BCUT2D eigenvalue weighted by atomic mass is 35.5. The molecule has 3 rings (SSSR count). The Bertz CT molecular complexity index is 829. The number of hydrogen-bond donors (Lipinski definition) is 2. The molecule has 1 aliphatic heterocycles. The Morgan fingerprint density at radius 3 is 1.65 bits per heavy atom. The third-order valence-electron chi connectivity index (χ3n) is 4.68. The lowest BCUT2D eigenvalue weighted by Gasteiger charge is -2.34. The summed E-state index contributed by atoms with van der Waals surface area (Å²) in [5.74, 6) is -1.72. The summed E-state index contributed by atoms with van der Waals surface area (Å²) < 4.78 is 0. The van der Waals surface area contributed by atoms with Crippen molar-refractivity contribution in [2.45, 2.75) is 13.8 Å². The van der Waals surface area contributed by atoms with E-state index in [1.54, 1.807) is 31.2 Å². The van der Waals surface area contributed by atoms with Gasteiger partial charge in [0.05, 0.1) is 11.1 Å². The SMILES string of the molecule is Cc1cc(N2CCN(C)CC2)ccc1C(=O)O.Cc1ccccc1C(=O)O.Cl.Cl.Cl.Cl. The van der Waals surface area contributed by atoms with Crippen LogP contribution in [-0.4, -0.2) is 60.3 Å². The van der Waals surface area contributed by atoms with Crippen LogP contribution in [0, 0.1) is 13.8 Å². The first-order valence-electron chi connectivity index (χ1n) is 8.86. The smallest absolute Gasteiger partial charge is 0.335 e. The van der Waals surface area contributed by atoms with Crippen LogP contribution >= 0.6 is 49.6 Å². The molecule has 0 amide bonds. The highest BCUT2D eigenvalue weighted by molar-refractivity contribution is 5.90. The molecule has 1 aliphatic rings. The number of carboxylic acids is 2. The van der Waals surface area contributed by atoms with Gasteiger partial charge in [-0.05, 0) is 56.3 Å². The highest BCUT2D eigenvalue weighted by Gasteiger charge is 2.15. The Hall–Kier alpha value is -1.70.